The summed E-state index contributed by atoms with van der Waals surface area (Å²) in [5.74, 6) is 1.21. The van der Waals surface area contributed by atoms with Crippen LogP contribution >= 0.6 is 0 Å². The molecule has 0 spiro atoms. The summed E-state index contributed by atoms with van der Waals surface area (Å²) in [4.78, 5) is 14.9. The Labute approximate surface area is 195 Å². The summed E-state index contributed by atoms with van der Waals surface area (Å²) in [6.07, 6.45) is 1.76. The Kier molecular flexibility index (Phi) is 6.99. The molecule has 0 saturated carbocycles. The summed E-state index contributed by atoms with van der Waals surface area (Å²) in [7, 11) is -2.18. The average molecular weight is 465 g/mol. The highest BCUT2D eigenvalue weighted by Crippen LogP contribution is 2.24. The Morgan fingerprint density at radius 3 is 2.09 bits per heavy atom. The van der Waals surface area contributed by atoms with Gasteiger partial charge < -0.3 is 9.64 Å². The van der Waals surface area contributed by atoms with Crippen molar-refractivity contribution in [2.75, 3.05) is 31.0 Å². The largest absolute Gasteiger partial charge is 0.493 e. The predicted molar refractivity (Wildman–Crippen MR) is 129 cm³/mol. The molecule has 7 heteroatoms. The van der Waals surface area contributed by atoms with E-state index in [1.54, 1.807) is 36.4 Å². The molecule has 172 valence electrons. The fourth-order valence-electron chi connectivity index (χ4n) is 3.92. The normalized spacial score (nSPS) is 14.6. The monoisotopic (exact) mass is 464 g/mol. The zero-order valence-corrected chi connectivity index (χ0v) is 19.4. The van der Waals surface area contributed by atoms with Gasteiger partial charge in [0, 0.05) is 25.7 Å². The van der Waals surface area contributed by atoms with E-state index in [-0.39, 0.29) is 10.8 Å². The lowest BCUT2D eigenvalue weighted by Crippen LogP contribution is -2.39. The second-order valence-corrected chi connectivity index (χ2v) is 10.2. The molecule has 0 aromatic heterocycles. The van der Waals surface area contributed by atoms with Gasteiger partial charge in [-0.2, -0.15) is 0 Å². The van der Waals surface area contributed by atoms with E-state index in [2.05, 4.69) is 0 Å². The zero-order chi connectivity index (χ0) is 23.3. The third-order valence-electron chi connectivity index (χ3n) is 6.01. The molecule has 0 bridgehead atoms. The van der Waals surface area contributed by atoms with Crippen molar-refractivity contribution >= 4 is 21.6 Å². The average Bonchev–Trinajstić information content (AvgIpc) is 2.88. The fraction of sp³-hybridized carbons (Fsp3) is 0.269. The molecule has 0 aliphatic carbocycles. The number of hydrogen-bond acceptors (Lipinski definition) is 4. The third kappa shape index (κ3) is 5.37. The van der Waals surface area contributed by atoms with Crippen LogP contribution in [0.5, 0.6) is 5.75 Å². The first-order valence-electron chi connectivity index (χ1n) is 11.1. The minimum Gasteiger partial charge on any atom is -0.493 e. The van der Waals surface area contributed by atoms with Crippen LogP contribution in [0.2, 0.25) is 0 Å². The molecule has 1 saturated heterocycles. The number of ether oxygens (including phenoxy) is 1. The van der Waals surface area contributed by atoms with Gasteiger partial charge in [-0.05, 0) is 67.3 Å². The molecule has 3 aromatic carbocycles. The topological polar surface area (TPSA) is 66.9 Å². The highest BCUT2D eigenvalue weighted by atomic mass is 32.2. The van der Waals surface area contributed by atoms with Crippen molar-refractivity contribution in [2.24, 2.45) is 5.92 Å². The van der Waals surface area contributed by atoms with Gasteiger partial charge in [0.2, 0.25) is 0 Å². The van der Waals surface area contributed by atoms with E-state index < -0.39 is 10.0 Å². The molecule has 1 aliphatic rings. The van der Waals surface area contributed by atoms with Gasteiger partial charge in [0.15, 0.2) is 0 Å². The summed E-state index contributed by atoms with van der Waals surface area (Å²) in [6, 6.07) is 24.8. The molecule has 6 nitrogen and oxygen atoms in total. The van der Waals surface area contributed by atoms with Gasteiger partial charge in [-0.25, -0.2) is 8.42 Å². The minimum atomic E-state index is -3.70. The lowest BCUT2D eigenvalue weighted by Gasteiger charge is -2.32. The fourth-order valence-corrected chi connectivity index (χ4v) is 5.12. The Morgan fingerprint density at radius 2 is 1.48 bits per heavy atom. The molecular formula is C26H28N2O4S. The molecule has 1 amide bonds. The van der Waals surface area contributed by atoms with Crippen molar-refractivity contribution in [1.82, 2.24) is 4.90 Å². The number of benzene rings is 3. The summed E-state index contributed by atoms with van der Waals surface area (Å²) in [5, 5.41) is 0. The molecule has 0 atom stereocenters. The number of para-hydroxylation sites is 2. The molecule has 1 heterocycles. The lowest BCUT2D eigenvalue weighted by atomic mass is 9.97. The molecule has 0 unspecified atom stereocenters. The second-order valence-electron chi connectivity index (χ2n) is 8.19. The molecule has 3 aromatic rings. The number of anilines is 1. The van der Waals surface area contributed by atoms with Crippen molar-refractivity contribution < 1.29 is 17.9 Å². The van der Waals surface area contributed by atoms with Crippen molar-refractivity contribution in [3.8, 4) is 5.75 Å². The quantitative estimate of drug-likeness (QED) is 0.518. The van der Waals surface area contributed by atoms with Crippen LogP contribution in [0.25, 0.3) is 0 Å². The van der Waals surface area contributed by atoms with Crippen LogP contribution < -0.4 is 9.04 Å². The maximum absolute atomic E-state index is 12.9. The summed E-state index contributed by atoms with van der Waals surface area (Å²) < 4.78 is 33.0. The standard InChI is InChI=1S/C26H28N2O4S/c1-27(23-8-4-2-5-9-23)33(30,31)25-14-12-22(13-15-25)26(29)28-18-16-21(17-19-28)20-32-24-10-6-3-7-11-24/h2-15,21H,16-20H2,1H3. The minimum absolute atomic E-state index is 0.0715. The van der Waals surface area contributed by atoms with Crippen LogP contribution in [0.4, 0.5) is 5.69 Å². The van der Waals surface area contributed by atoms with Gasteiger partial charge in [-0.15, -0.1) is 0 Å². The van der Waals surface area contributed by atoms with E-state index in [0.29, 0.717) is 36.9 Å². The number of carbonyl (C=O) groups is 1. The Morgan fingerprint density at radius 1 is 0.909 bits per heavy atom. The Bertz CT molecular complexity index is 1160. The van der Waals surface area contributed by atoms with E-state index >= 15 is 0 Å². The number of sulfonamides is 1. The predicted octanol–water partition coefficient (Wildman–Crippen LogP) is 4.44. The molecule has 1 fully saturated rings. The SMILES string of the molecule is CN(c1ccccc1)S(=O)(=O)c1ccc(C(=O)N2CCC(COc3ccccc3)CC2)cc1. The smallest absolute Gasteiger partial charge is 0.264 e. The van der Waals surface area contributed by atoms with Gasteiger partial charge in [0.05, 0.1) is 17.2 Å². The highest BCUT2D eigenvalue weighted by Gasteiger charge is 2.25. The molecule has 1 aliphatic heterocycles. The summed E-state index contributed by atoms with van der Waals surface area (Å²) in [6.45, 7) is 1.98. The Balaban J connectivity index is 1.34. The Hall–Kier alpha value is -3.32. The van der Waals surface area contributed by atoms with Crippen molar-refractivity contribution in [2.45, 2.75) is 17.7 Å². The van der Waals surface area contributed by atoms with Crippen LogP contribution in [-0.4, -0.2) is 46.0 Å². The van der Waals surface area contributed by atoms with Gasteiger partial charge >= 0.3 is 0 Å². The van der Waals surface area contributed by atoms with E-state index in [9.17, 15) is 13.2 Å². The van der Waals surface area contributed by atoms with Crippen LogP contribution in [0.3, 0.4) is 0 Å². The van der Waals surface area contributed by atoms with Gasteiger partial charge in [0.1, 0.15) is 5.75 Å². The van der Waals surface area contributed by atoms with Crippen LogP contribution in [-0.2, 0) is 10.0 Å². The van der Waals surface area contributed by atoms with E-state index in [1.807, 2.05) is 41.3 Å². The number of carbonyl (C=O) groups excluding carboxylic acids is 1. The van der Waals surface area contributed by atoms with Gasteiger partial charge in [0.25, 0.3) is 15.9 Å². The van der Waals surface area contributed by atoms with Crippen LogP contribution in [0, 0.1) is 5.92 Å². The number of rotatable bonds is 7. The van der Waals surface area contributed by atoms with Crippen molar-refractivity contribution in [3.05, 3.63) is 90.5 Å². The second kappa shape index (κ2) is 10.1. The van der Waals surface area contributed by atoms with Crippen LogP contribution in [0.1, 0.15) is 23.2 Å². The highest BCUT2D eigenvalue weighted by molar-refractivity contribution is 7.92. The maximum Gasteiger partial charge on any atom is 0.264 e. The van der Waals surface area contributed by atoms with E-state index in [0.717, 1.165) is 18.6 Å². The first-order chi connectivity index (χ1) is 15.9. The van der Waals surface area contributed by atoms with E-state index in [1.165, 1.54) is 23.5 Å². The molecular weight excluding hydrogens is 436 g/mol. The van der Waals surface area contributed by atoms with Gasteiger partial charge in [-0.1, -0.05) is 36.4 Å². The lowest BCUT2D eigenvalue weighted by molar-refractivity contribution is 0.0661. The third-order valence-corrected chi connectivity index (χ3v) is 7.81. The molecule has 33 heavy (non-hydrogen) atoms. The van der Waals surface area contributed by atoms with E-state index in [4.69, 9.17) is 4.74 Å². The summed E-state index contributed by atoms with van der Waals surface area (Å²) in [5.41, 5.74) is 1.08. The molecule has 4 rings (SSSR count). The molecule has 0 N–H and O–H groups in total. The van der Waals surface area contributed by atoms with Crippen LogP contribution in [0.15, 0.2) is 89.8 Å². The first-order valence-corrected chi connectivity index (χ1v) is 12.5. The van der Waals surface area contributed by atoms with Crippen molar-refractivity contribution in [3.63, 3.8) is 0 Å². The zero-order valence-electron chi connectivity index (χ0n) is 18.6. The van der Waals surface area contributed by atoms with Crippen molar-refractivity contribution in [1.29, 1.82) is 0 Å². The number of likely N-dealkylation sites (tertiary alicyclic amines) is 1. The number of amides is 1. The molecule has 0 radical (unpaired) electrons. The number of hydrogen-bond donors (Lipinski definition) is 0. The summed E-state index contributed by atoms with van der Waals surface area (Å²) >= 11 is 0. The first kappa shape index (κ1) is 22.9. The number of piperidine rings is 1. The maximum atomic E-state index is 12.9. The van der Waals surface area contributed by atoms with Gasteiger partial charge in [-0.3, -0.25) is 9.10 Å². The number of nitrogens with zero attached hydrogens (tertiary/aromatic N) is 2.